The van der Waals surface area contributed by atoms with Crippen LogP contribution in [0, 0.1) is 0 Å². The minimum Gasteiger partial charge on any atom is -0.281 e. The highest BCUT2D eigenvalue weighted by Crippen LogP contribution is 2.03. The fourth-order valence-corrected chi connectivity index (χ4v) is 0.255. The van der Waals surface area contributed by atoms with Gasteiger partial charge < -0.3 is 0 Å². The second-order valence-corrected chi connectivity index (χ2v) is 1.73. The highest BCUT2D eigenvalue weighted by molar-refractivity contribution is 6.63. The number of hydrogen-bond donors (Lipinski definition) is 0. The van der Waals surface area contributed by atoms with Gasteiger partial charge in [0.2, 0.25) is 10.5 Å². The molecule has 0 unspecified atom stereocenters. The predicted octanol–water partition coefficient (Wildman–Crippen LogP) is 2.08. The van der Waals surface area contributed by atoms with Crippen LogP contribution < -0.4 is 0 Å². The highest BCUT2D eigenvalue weighted by atomic mass is 35.5. The summed E-state index contributed by atoms with van der Waals surface area (Å²) in [6.07, 6.45) is -14.5. The lowest BCUT2D eigenvalue weighted by Gasteiger charge is -1.91. The molecule has 0 bridgehead atoms. The van der Waals surface area contributed by atoms with Gasteiger partial charge in [0.1, 0.15) is 0 Å². The Balaban J connectivity index is 5.89. The van der Waals surface area contributed by atoms with Crippen molar-refractivity contribution in [2.24, 2.45) is 0 Å². The molecular formula is C6H8Cl2O2. The first-order chi connectivity index (χ1) is 7.64. The van der Waals surface area contributed by atoms with Crippen LogP contribution in [0.1, 0.15) is 36.5 Å². The van der Waals surface area contributed by atoms with Gasteiger partial charge in [0.25, 0.3) is 0 Å². The lowest BCUT2D eigenvalue weighted by molar-refractivity contribution is -0.113. The lowest BCUT2D eigenvalue weighted by atomic mass is 10.2. The Morgan fingerprint density at radius 1 is 1.10 bits per heavy atom. The molecule has 0 atom stereocenters. The second kappa shape index (κ2) is 5.69. The van der Waals surface area contributed by atoms with Gasteiger partial charge in [-0.3, -0.25) is 9.59 Å². The third-order valence-electron chi connectivity index (χ3n) is 0.384. The van der Waals surface area contributed by atoms with E-state index in [0.29, 0.717) is 0 Å². The van der Waals surface area contributed by atoms with Crippen molar-refractivity contribution in [3.8, 4) is 0 Å². The molecule has 0 radical (unpaired) electrons. The monoisotopic (exact) mass is 190 g/mol. The van der Waals surface area contributed by atoms with E-state index in [0.717, 1.165) is 0 Å². The zero-order valence-corrected chi connectivity index (χ0v) is 6.08. The van der Waals surface area contributed by atoms with Crippen molar-refractivity contribution < 1.29 is 20.6 Å². The van der Waals surface area contributed by atoms with Gasteiger partial charge in [0.05, 0.1) is 0 Å². The van der Waals surface area contributed by atoms with E-state index in [-0.39, 0.29) is 0 Å². The van der Waals surface area contributed by atoms with Gasteiger partial charge in [0, 0.05) is 23.7 Å². The van der Waals surface area contributed by atoms with Crippen molar-refractivity contribution >= 4 is 33.7 Å². The molecule has 58 valence electrons. The standard InChI is InChI=1S/C6H8Cl2O2/c7-5(9)3-1-2-4-6(8)10/h1-4H2/i1D2,2D2,3D2,4D2. The van der Waals surface area contributed by atoms with Crippen LogP contribution >= 0.6 is 23.2 Å². The van der Waals surface area contributed by atoms with Gasteiger partial charge in [-0.2, -0.15) is 0 Å². The fraction of sp³-hybridized carbons (Fsp3) is 0.667. The zero-order valence-electron chi connectivity index (χ0n) is 12.6. The first kappa shape index (κ1) is 2.76. The lowest BCUT2D eigenvalue weighted by Crippen LogP contribution is -1.89. The van der Waals surface area contributed by atoms with Gasteiger partial charge >= 0.3 is 0 Å². The molecule has 0 aliphatic heterocycles. The van der Waals surface area contributed by atoms with Crippen LogP contribution in [0.25, 0.3) is 0 Å². The predicted molar refractivity (Wildman–Crippen MR) is 40.2 cm³/mol. The molecule has 0 aromatic heterocycles. The molecule has 2 nitrogen and oxygen atoms in total. The molecule has 0 rings (SSSR count). The Kier molecular flexibility index (Phi) is 1.57. The normalized spacial score (nSPS) is 27.0. The number of carbonyl (C=O) groups is 2. The zero-order chi connectivity index (χ0) is 15.2. The maximum absolute atomic E-state index is 10.8. The van der Waals surface area contributed by atoms with E-state index in [2.05, 4.69) is 0 Å². The molecule has 0 aromatic carbocycles. The quantitative estimate of drug-likeness (QED) is 0.623. The Hall–Kier alpha value is -0.0800. The van der Waals surface area contributed by atoms with Crippen molar-refractivity contribution in [1.82, 2.24) is 0 Å². The fourth-order valence-electron chi connectivity index (χ4n) is 0.161. The Bertz CT molecular complexity index is 344. The van der Waals surface area contributed by atoms with E-state index >= 15 is 0 Å². The maximum atomic E-state index is 10.8. The van der Waals surface area contributed by atoms with Crippen molar-refractivity contribution in [3.05, 3.63) is 0 Å². The van der Waals surface area contributed by atoms with Gasteiger partial charge in [-0.1, -0.05) is 0 Å². The molecule has 0 saturated carbocycles. The van der Waals surface area contributed by atoms with Crippen LogP contribution in [0.15, 0.2) is 0 Å². The van der Waals surface area contributed by atoms with Gasteiger partial charge in [-0.25, -0.2) is 0 Å². The third-order valence-corrected chi connectivity index (χ3v) is 0.573. The van der Waals surface area contributed by atoms with Crippen LogP contribution in [-0.2, 0) is 9.59 Å². The summed E-state index contributed by atoms with van der Waals surface area (Å²) < 4.78 is 57.5. The topological polar surface area (TPSA) is 34.1 Å². The minimum absolute atomic E-state index is 1.85. The summed E-state index contributed by atoms with van der Waals surface area (Å²) in [4.78, 5) is 21.6. The van der Waals surface area contributed by atoms with Crippen LogP contribution in [0.4, 0.5) is 0 Å². The molecule has 0 saturated heterocycles. The van der Waals surface area contributed by atoms with E-state index in [1.54, 1.807) is 0 Å². The highest BCUT2D eigenvalue weighted by Gasteiger charge is 1.98. The van der Waals surface area contributed by atoms with Gasteiger partial charge in [-0.15, -0.1) is 0 Å². The second-order valence-electron chi connectivity index (χ2n) is 1.05. The molecule has 0 amide bonds. The number of rotatable bonds is 5. The number of hydrogen-bond acceptors (Lipinski definition) is 2. The summed E-state index contributed by atoms with van der Waals surface area (Å²) in [5.74, 6) is 0. The number of carbonyl (C=O) groups excluding carboxylic acids is 2. The molecule has 0 aliphatic rings. The van der Waals surface area contributed by atoms with E-state index in [1.807, 2.05) is 0 Å². The summed E-state index contributed by atoms with van der Waals surface area (Å²) in [7, 11) is 0. The van der Waals surface area contributed by atoms with Gasteiger partial charge in [0.15, 0.2) is 0 Å². The molecule has 0 aliphatic carbocycles. The minimum atomic E-state index is -3.72. The van der Waals surface area contributed by atoms with E-state index in [1.165, 1.54) is 0 Å². The van der Waals surface area contributed by atoms with Crippen LogP contribution in [0.3, 0.4) is 0 Å². The first-order valence-corrected chi connectivity index (χ1v) is 2.79. The average Bonchev–Trinajstić information content (AvgIpc) is 2.15. The SMILES string of the molecule is [2H]C([2H])(C(=O)Cl)C([2H])([2H])C([2H])([2H])C([2H])([2H])C(=O)Cl. The van der Waals surface area contributed by atoms with Crippen molar-refractivity contribution in [2.75, 3.05) is 0 Å². The third kappa shape index (κ3) is 7.92. The van der Waals surface area contributed by atoms with E-state index in [4.69, 9.17) is 34.2 Å². The molecule has 0 N–H and O–H groups in total. The van der Waals surface area contributed by atoms with Crippen LogP contribution in [0.2, 0.25) is 0 Å². The van der Waals surface area contributed by atoms with Crippen LogP contribution in [0.5, 0.6) is 0 Å². The number of halogens is 2. The molecule has 0 fully saturated rings. The summed E-state index contributed by atoms with van der Waals surface area (Å²) in [6.45, 7) is 0. The maximum Gasteiger partial charge on any atom is 0.221 e. The summed E-state index contributed by atoms with van der Waals surface area (Å²) in [6, 6.07) is 0. The van der Waals surface area contributed by atoms with Gasteiger partial charge in [-0.05, 0) is 35.9 Å². The van der Waals surface area contributed by atoms with E-state index in [9.17, 15) is 9.59 Å². The molecule has 0 aromatic rings. The Labute approximate surface area is 80.7 Å². The molecular weight excluding hydrogens is 175 g/mol. The smallest absolute Gasteiger partial charge is 0.221 e. The summed E-state index contributed by atoms with van der Waals surface area (Å²) in [5.41, 5.74) is 0. The summed E-state index contributed by atoms with van der Waals surface area (Å²) in [5, 5.41) is -3.71. The average molecular weight is 191 g/mol. The molecule has 0 spiro atoms. The summed E-state index contributed by atoms with van der Waals surface area (Å²) >= 11 is 9.66. The van der Waals surface area contributed by atoms with E-state index < -0.39 is 36.0 Å². The van der Waals surface area contributed by atoms with Crippen LogP contribution in [-0.4, -0.2) is 10.5 Å². The van der Waals surface area contributed by atoms with Crippen molar-refractivity contribution in [3.63, 3.8) is 0 Å². The molecule has 10 heavy (non-hydrogen) atoms. The Morgan fingerprint density at radius 3 is 1.60 bits per heavy atom. The van der Waals surface area contributed by atoms with Crippen molar-refractivity contribution in [2.45, 2.75) is 25.5 Å². The van der Waals surface area contributed by atoms with Crippen molar-refractivity contribution in [1.29, 1.82) is 0 Å². The molecule has 0 heterocycles. The molecule has 4 heteroatoms. The largest absolute Gasteiger partial charge is 0.281 e. The Morgan fingerprint density at radius 2 is 1.40 bits per heavy atom. The first-order valence-electron chi connectivity index (χ1n) is 6.04.